The zero-order valence-corrected chi connectivity index (χ0v) is 17.0. The largest absolute Gasteiger partial charge is 0.378 e. The second-order valence-corrected chi connectivity index (χ2v) is 7.03. The van der Waals surface area contributed by atoms with Gasteiger partial charge in [-0.1, -0.05) is 31.2 Å². The summed E-state index contributed by atoms with van der Waals surface area (Å²) in [5, 5.41) is 6.25. The van der Waals surface area contributed by atoms with Gasteiger partial charge in [0, 0.05) is 19.6 Å². The van der Waals surface area contributed by atoms with E-state index < -0.39 is 0 Å². The second kappa shape index (κ2) is 11.8. The lowest BCUT2D eigenvalue weighted by molar-refractivity contribution is -0.126. The van der Waals surface area contributed by atoms with Gasteiger partial charge in [-0.25, -0.2) is 0 Å². The van der Waals surface area contributed by atoms with Crippen molar-refractivity contribution in [2.75, 3.05) is 32.8 Å². The maximum Gasteiger partial charge on any atom is 0.239 e. The number of halogens is 2. The monoisotopic (exact) mass is 403 g/mol. The molecule has 2 fully saturated rings. The van der Waals surface area contributed by atoms with E-state index in [0.717, 1.165) is 19.0 Å². The molecule has 1 amide bonds. The normalized spacial score (nSPS) is 21.3. The number of carbonyl (C=O) groups excluding carboxylic acids is 1. The first-order valence-corrected chi connectivity index (χ1v) is 9.10. The molecule has 2 saturated heterocycles. The Balaban J connectivity index is 0.00000169. The minimum Gasteiger partial charge on any atom is -0.378 e. The SMILES string of the molecule is CC1CCN(Cc2ccccc2CNC(=O)C2COCCN2)CC1.Cl.Cl. The Morgan fingerprint density at radius 2 is 1.92 bits per heavy atom. The molecule has 2 heterocycles. The summed E-state index contributed by atoms with van der Waals surface area (Å²) < 4.78 is 5.36. The van der Waals surface area contributed by atoms with Gasteiger partial charge in [0.15, 0.2) is 0 Å². The minimum atomic E-state index is -0.227. The highest BCUT2D eigenvalue weighted by molar-refractivity contribution is 5.85. The summed E-state index contributed by atoms with van der Waals surface area (Å²) in [6, 6.07) is 8.21. The molecule has 0 spiro atoms. The molecule has 2 N–H and O–H groups in total. The highest BCUT2D eigenvalue weighted by Crippen LogP contribution is 2.19. The summed E-state index contributed by atoms with van der Waals surface area (Å²) in [6.45, 7) is 8.11. The number of nitrogens with one attached hydrogen (secondary N) is 2. The van der Waals surface area contributed by atoms with Crippen LogP contribution < -0.4 is 10.6 Å². The van der Waals surface area contributed by atoms with E-state index in [2.05, 4.69) is 40.7 Å². The topological polar surface area (TPSA) is 53.6 Å². The van der Waals surface area contributed by atoms with Gasteiger partial charge in [-0.15, -0.1) is 24.8 Å². The van der Waals surface area contributed by atoms with Crippen LogP contribution in [0.15, 0.2) is 24.3 Å². The van der Waals surface area contributed by atoms with Crippen LogP contribution in [0.2, 0.25) is 0 Å². The smallest absolute Gasteiger partial charge is 0.239 e. The zero-order chi connectivity index (χ0) is 16.8. The molecule has 0 bridgehead atoms. The van der Waals surface area contributed by atoms with Crippen LogP contribution in [0.1, 0.15) is 30.9 Å². The highest BCUT2D eigenvalue weighted by Gasteiger charge is 2.21. The molecule has 0 aromatic heterocycles. The van der Waals surface area contributed by atoms with Gasteiger partial charge in [-0.2, -0.15) is 0 Å². The number of hydrogen-bond donors (Lipinski definition) is 2. The molecular formula is C19H31Cl2N3O2. The van der Waals surface area contributed by atoms with Gasteiger partial charge >= 0.3 is 0 Å². The van der Waals surface area contributed by atoms with Crippen molar-refractivity contribution in [1.29, 1.82) is 0 Å². The van der Waals surface area contributed by atoms with Crippen LogP contribution in [0.5, 0.6) is 0 Å². The molecule has 1 aromatic carbocycles. The Labute approximate surface area is 169 Å². The van der Waals surface area contributed by atoms with E-state index >= 15 is 0 Å². The van der Waals surface area contributed by atoms with Crippen molar-refractivity contribution in [3.63, 3.8) is 0 Å². The van der Waals surface area contributed by atoms with Gasteiger partial charge in [-0.05, 0) is 43.0 Å². The number of rotatable bonds is 5. The van der Waals surface area contributed by atoms with Crippen molar-refractivity contribution >= 4 is 30.7 Å². The van der Waals surface area contributed by atoms with Crippen LogP contribution in [0, 0.1) is 5.92 Å². The lowest BCUT2D eigenvalue weighted by atomic mass is 9.98. The molecule has 0 saturated carbocycles. The lowest BCUT2D eigenvalue weighted by Crippen LogP contribution is -2.51. The van der Waals surface area contributed by atoms with Crippen LogP contribution >= 0.6 is 24.8 Å². The Hall–Kier alpha value is -0.850. The summed E-state index contributed by atoms with van der Waals surface area (Å²) in [6.07, 6.45) is 2.57. The lowest BCUT2D eigenvalue weighted by Gasteiger charge is -2.30. The average Bonchev–Trinajstić information content (AvgIpc) is 2.63. The first kappa shape index (κ1) is 23.2. The molecule has 1 aromatic rings. The number of benzene rings is 1. The maximum absolute atomic E-state index is 12.2. The van der Waals surface area contributed by atoms with Crippen molar-refractivity contribution in [3.05, 3.63) is 35.4 Å². The van der Waals surface area contributed by atoms with Gasteiger partial charge in [0.25, 0.3) is 0 Å². The standard InChI is InChI=1S/C19H29N3O2.2ClH/c1-15-6-9-22(10-7-15)13-17-5-3-2-4-16(17)12-21-19(23)18-14-24-11-8-20-18;;/h2-5,15,18,20H,6-14H2,1H3,(H,21,23);2*1H. The third kappa shape index (κ3) is 6.71. The first-order valence-electron chi connectivity index (χ1n) is 9.10. The van der Waals surface area contributed by atoms with Crippen LogP contribution in [0.3, 0.4) is 0 Å². The number of carbonyl (C=O) groups is 1. The molecule has 3 rings (SSSR count). The van der Waals surface area contributed by atoms with Crippen molar-refractivity contribution in [1.82, 2.24) is 15.5 Å². The average molecular weight is 404 g/mol. The Morgan fingerprint density at radius 1 is 1.23 bits per heavy atom. The number of morpholine rings is 1. The predicted molar refractivity (Wildman–Crippen MR) is 109 cm³/mol. The molecule has 26 heavy (non-hydrogen) atoms. The number of amides is 1. The highest BCUT2D eigenvalue weighted by atomic mass is 35.5. The number of likely N-dealkylation sites (tertiary alicyclic amines) is 1. The number of piperidine rings is 1. The van der Waals surface area contributed by atoms with Gasteiger partial charge in [0.1, 0.15) is 6.04 Å². The van der Waals surface area contributed by atoms with E-state index in [1.165, 1.54) is 37.1 Å². The van der Waals surface area contributed by atoms with Gasteiger partial charge in [0.05, 0.1) is 13.2 Å². The van der Waals surface area contributed by atoms with Gasteiger partial charge < -0.3 is 15.4 Å². The Bertz CT molecular complexity index is 545. The van der Waals surface area contributed by atoms with E-state index in [9.17, 15) is 4.79 Å². The minimum absolute atomic E-state index is 0. The summed E-state index contributed by atoms with van der Waals surface area (Å²) in [4.78, 5) is 14.8. The molecule has 1 atom stereocenters. The molecule has 148 valence electrons. The summed E-state index contributed by atoms with van der Waals surface area (Å²) >= 11 is 0. The molecule has 1 unspecified atom stereocenters. The zero-order valence-electron chi connectivity index (χ0n) is 15.4. The second-order valence-electron chi connectivity index (χ2n) is 7.03. The van der Waals surface area contributed by atoms with E-state index in [4.69, 9.17) is 4.74 Å². The fraction of sp³-hybridized carbons (Fsp3) is 0.632. The fourth-order valence-corrected chi connectivity index (χ4v) is 3.38. The summed E-state index contributed by atoms with van der Waals surface area (Å²) in [5.41, 5.74) is 2.53. The van der Waals surface area contributed by atoms with E-state index in [1.807, 2.05) is 6.07 Å². The number of ether oxygens (including phenoxy) is 1. The maximum atomic E-state index is 12.2. The number of hydrogen-bond acceptors (Lipinski definition) is 4. The van der Waals surface area contributed by atoms with Gasteiger partial charge in [-0.3, -0.25) is 9.69 Å². The molecule has 5 nitrogen and oxygen atoms in total. The third-order valence-electron chi connectivity index (χ3n) is 5.08. The van der Waals surface area contributed by atoms with Crippen molar-refractivity contribution in [2.45, 2.75) is 38.9 Å². The van der Waals surface area contributed by atoms with Crippen LogP contribution in [0.25, 0.3) is 0 Å². The predicted octanol–water partition coefficient (Wildman–Crippen LogP) is 2.37. The molecule has 7 heteroatoms. The fourth-order valence-electron chi connectivity index (χ4n) is 3.38. The first-order chi connectivity index (χ1) is 11.7. The molecule has 2 aliphatic heterocycles. The van der Waals surface area contributed by atoms with E-state index in [1.54, 1.807) is 0 Å². The van der Waals surface area contributed by atoms with E-state index in [-0.39, 0.29) is 36.8 Å². The Kier molecular flexibility index (Phi) is 10.5. The molecule has 2 aliphatic rings. The molecule has 0 radical (unpaired) electrons. The van der Waals surface area contributed by atoms with Crippen LogP contribution in [0.4, 0.5) is 0 Å². The molecule has 0 aliphatic carbocycles. The van der Waals surface area contributed by atoms with Crippen LogP contribution in [-0.2, 0) is 22.6 Å². The molecular weight excluding hydrogens is 373 g/mol. The van der Waals surface area contributed by atoms with Crippen molar-refractivity contribution < 1.29 is 9.53 Å². The summed E-state index contributed by atoms with van der Waals surface area (Å²) in [7, 11) is 0. The summed E-state index contributed by atoms with van der Waals surface area (Å²) in [5.74, 6) is 0.872. The van der Waals surface area contributed by atoms with Crippen molar-refractivity contribution in [2.24, 2.45) is 5.92 Å². The quantitative estimate of drug-likeness (QED) is 0.791. The van der Waals surface area contributed by atoms with Crippen LogP contribution in [-0.4, -0.2) is 49.7 Å². The van der Waals surface area contributed by atoms with Gasteiger partial charge in [0.2, 0.25) is 5.91 Å². The van der Waals surface area contributed by atoms with Crippen molar-refractivity contribution in [3.8, 4) is 0 Å². The number of nitrogens with zero attached hydrogens (tertiary/aromatic N) is 1. The Morgan fingerprint density at radius 3 is 2.58 bits per heavy atom. The third-order valence-corrected chi connectivity index (χ3v) is 5.08. The van der Waals surface area contributed by atoms with E-state index in [0.29, 0.717) is 19.8 Å².